The number of nitrogens with zero attached hydrogens (tertiary/aromatic N) is 1. The van der Waals surface area contributed by atoms with Gasteiger partial charge in [0.05, 0.1) is 16.1 Å². The van der Waals surface area contributed by atoms with E-state index in [1.807, 2.05) is 0 Å². The predicted molar refractivity (Wildman–Crippen MR) is 200 cm³/mol. The van der Waals surface area contributed by atoms with E-state index in [-0.39, 0.29) is 0 Å². The molecule has 11 rings (SSSR count). The largest absolute Gasteiger partial charge is 0.455 e. The summed E-state index contributed by atoms with van der Waals surface area (Å²) in [5, 5.41) is 8.14. The number of hydrogen-bond acceptors (Lipinski definition) is 3. The average molecular weight is 630 g/mol. The third-order valence-electron chi connectivity index (χ3n) is 10.6. The average Bonchev–Trinajstić information content (AvgIpc) is 3.92. The number of rotatable bonds is 3. The second kappa shape index (κ2) is 9.57. The van der Waals surface area contributed by atoms with E-state index in [9.17, 15) is 0 Å². The number of benzene rings is 7. The molecule has 0 aliphatic heterocycles. The van der Waals surface area contributed by atoms with Crippen LogP contribution in [0.15, 0.2) is 168 Å². The lowest BCUT2D eigenvalue weighted by molar-refractivity contribution is 0.669. The molecule has 0 saturated carbocycles. The van der Waals surface area contributed by atoms with Gasteiger partial charge >= 0.3 is 0 Å². The number of furan rings is 1. The molecule has 0 fully saturated rings. The summed E-state index contributed by atoms with van der Waals surface area (Å²) < 4.78 is 6.73. The summed E-state index contributed by atoms with van der Waals surface area (Å²) in [5.41, 5.74) is 14.0. The first-order valence-corrected chi connectivity index (χ1v) is 17.3. The van der Waals surface area contributed by atoms with Crippen molar-refractivity contribution in [2.75, 3.05) is 4.90 Å². The second-order valence-corrected chi connectivity index (χ2v) is 13.7. The molecule has 0 N–H and O–H groups in total. The number of anilines is 3. The number of thiophene rings is 1. The summed E-state index contributed by atoms with van der Waals surface area (Å²) in [4.78, 5) is 2.44. The Bertz CT molecular complexity index is 2750. The molecule has 2 heterocycles. The lowest BCUT2D eigenvalue weighted by Gasteiger charge is -2.32. The Hall–Kier alpha value is -5.90. The highest BCUT2D eigenvalue weighted by Crippen LogP contribution is 2.64. The molecule has 2 aliphatic rings. The molecule has 7 aromatic carbocycles. The van der Waals surface area contributed by atoms with E-state index in [1.54, 1.807) is 11.3 Å². The van der Waals surface area contributed by atoms with Gasteiger partial charge in [0, 0.05) is 27.4 Å². The minimum absolute atomic E-state index is 0.485. The molecular formula is C45H27NOS. The van der Waals surface area contributed by atoms with Crippen LogP contribution in [0.5, 0.6) is 0 Å². The summed E-state index contributed by atoms with van der Waals surface area (Å²) >= 11 is 1.77. The molecule has 0 radical (unpaired) electrons. The highest BCUT2D eigenvalue weighted by Gasteiger charge is 2.52. The van der Waals surface area contributed by atoms with Gasteiger partial charge in [-0.3, -0.25) is 0 Å². The fourth-order valence-electron chi connectivity index (χ4n) is 8.71. The molecule has 0 amide bonds. The van der Waals surface area contributed by atoms with Crippen molar-refractivity contribution < 1.29 is 4.42 Å². The van der Waals surface area contributed by atoms with Gasteiger partial charge in [0.25, 0.3) is 0 Å². The minimum Gasteiger partial charge on any atom is -0.455 e. The van der Waals surface area contributed by atoms with E-state index in [4.69, 9.17) is 4.42 Å². The summed E-state index contributed by atoms with van der Waals surface area (Å²) in [6.07, 6.45) is 0. The maximum atomic E-state index is 6.73. The molecule has 1 spiro atoms. The van der Waals surface area contributed by atoms with Crippen molar-refractivity contribution in [2.24, 2.45) is 0 Å². The summed E-state index contributed by atoms with van der Waals surface area (Å²) in [6.45, 7) is 0. The zero-order valence-corrected chi connectivity index (χ0v) is 26.7. The third-order valence-corrected chi connectivity index (χ3v) is 11.4. The van der Waals surface area contributed by atoms with Crippen molar-refractivity contribution in [3.63, 3.8) is 0 Å². The zero-order valence-electron chi connectivity index (χ0n) is 25.9. The van der Waals surface area contributed by atoms with Crippen molar-refractivity contribution in [3.05, 3.63) is 185 Å². The fourth-order valence-corrected chi connectivity index (χ4v) is 9.48. The molecule has 2 nitrogen and oxygen atoms in total. The van der Waals surface area contributed by atoms with Crippen LogP contribution in [0.4, 0.5) is 16.4 Å². The molecule has 1 atom stereocenters. The Kier molecular flexibility index (Phi) is 5.22. The van der Waals surface area contributed by atoms with Gasteiger partial charge in [0.2, 0.25) is 0 Å². The van der Waals surface area contributed by atoms with E-state index in [1.165, 1.54) is 66.0 Å². The Morgan fingerprint density at radius 3 is 2.10 bits per heavy atom. The normalized spacial score (nSPS) is 15.6. The number of fused-ring (bicyclic) bond motifs is 15. The molecule has 48 heavy (non-hydrogen) atoms. The van der Waals surface area contributed by atoms with Gasteiger partial charge in [-0.1, -0.05) is 121 Å². The highest BCUT2D eigenvalue weighted by molar-refractivity contribution is 7.14. The molecule has 3 heteroatoms. The molecule has 224 valence electrons. The van der Waals surface area contributed by atoms with Gasteiger partial charge in [0.15, 0.2) is 0 Å². The van der Waals surface area contributed by atoms with E-state index >= 15 is 0 Å². The smallest absolute Gasteiger partial charge is 0.143 e. The van der Waals surface area contributed by atoms with Gasteiger partial charge in [-0.25, -0.2) is 0 Å². The van der Waals surface area contributed by atoms with Crippen molar-refractivity contribution in [3.8, 4) is 22.3 Å². The van der Waals surface area contributed by atoms with E-state index in [0.29, 0.717) is 0 Å². The van der Waals surface area contributed by atoms with E-state index in [2.05, 4.69) is 168 Å². The lowest BCUT2D eigenvalue weighted by Crippen LogP contribution is -2.26. The minimum atomic E-state index is -0.485. The summed E-state index contributed by atoms with van der Waals surface area (Å²) in [7, 11) is 0. The van der Waals surface area contributed by atoms with Crippen LogP contribution in [-0.2, 0) is 5.41 Å². The van der Waals surface area contributed by atoms with Gasteiger partial charge in [-0.05, 0) is 86.1 Å². The predicted octanol–water partition coefficient (Wildman–Crippen LogP) is 12.6. The van der Waals surface area contributed by atoms with Gasteiger partial charge < -0.3 is 9.32 Å². The molecule has 2 aromatic heterocycles. The van der Waals surface area contributed by atoms with Gasteiger partial charge in [-0.15, -0.1) is 11.3 Å². The van der Waals surface area contributed by atoms with Crippen molar-refractivity contribution >= 4 is 60.4 Å². The van der Waals surface area contributed by atoms with Crippen LogP contribution in [0.3, 0.4) is 0 Å². The first-order chi connectivity index (χ1) is 23.8. The summed E-state index contributed by atoms with van der Waals surface area (Å²) in [6, 6.07) is 57.9. The Balaban J connectivity index is 1.24. The molecule has 2 aliphatic carbocycles. The second-order valence-electron chi connectivity index (χ2n) is 12.8. The maximum Gasteiger partial charge on any atom is 0.143 e. The van der Waals surface area contributed by atoms with Crippen LogP contribution in [0, 0.1) is 0 Å². The molecular weight excluding hydrogens is 603 g/mol. The monoisotopic (exact) mass is 629 g/mol. The summed E-state index contributed by atoms with van der Waals surface area (Å²) in [5.74, 6) is 0. The fraction of sp³-hybridized carbons (Fsp3) is 0.0222. The van der Waals surface area contributed by atoms with Crippen LogP contribution in [0.2, 0.25) is 0 Å². The van der Waals surface area contributed by atoms with Crippen molar-refractivity contribution in [1.82, 2.24) is 0 Å². The van der Waals surface area contributed by atoms with E-state index in [0.717, 1.165) is 27.6 Å². The molecule has 1 unspecified atom stereocenters. The zero-order chi connectivity index (χ0) is 31.4. The Labute approximate surface area is 281 Å². The third kappa shape index (κ3) is 3.26. The molecule has 0 bridgehead atoms. The van der Waals surface area contributed by atoms with Gasteiger partial charge in [-0.2, -0.15) is 0 Å². The number of para-hydroxylation sites is 1. The van der Waals surface area contributed by atoms with Crippen LogP contribution in [0.1, 0.15) is 22.3 Å². The topological polar surface area (TPSA) is 16.4 Å². The Morgan fingerprint density at radius 2 is 1.23 bits per heavy atom. The molecule has 9 aromatic rings. The molecule has 0 saturated heterocycles. The first-order valence-electron chi connectivity index (χ1n) is 16.4. The van der Waals surface area contributed by atoms with Crippen LogP contribution < -0.4 is 4.90 Å². The van der Waals surface area contributed by atoms with Crippen molar-refractivity contribution in [2.45, 2.75) is 5.41 Å². The quantitative estimate of drug-likeness (QED) is 0.193. The maximum absolute atomic E-state index is 6.73. The highest BCUT2D eigenvalue weighted by atomic mass is 32.1. The SMILES string of the molecule is c1csc(N(c2ccc3c(c2)C2(c4ccccc4-3)c3ccccc3-c3c2ccc2c3oc3ccccc32)c2cccc3ccccc23)c1. The Morgan fingerprint density at radius 1 is 0.500 bits per heavy atom. The van der Waals surface area contributed by atoms with Crippen LogP contribution in [-0.4, -0.2) is 0 Å². The van der Waals surface area contributed by atoms with Crippen LogP contribution >= 0.6 is 11.3 Å². The van der Waals surface area contributed by atoms with Crippen LogP contribution in [0.25, 0.3) is 55.0 Å². The standard InChI is InChI=1S/C45H27NOS/c1-2-13-30-28(11-1)12-9-19-40(30)46(42-21-10-26-48-42)29-22-23-32-31-14-3-6-17-36(31)45(39(32)27-29)37-18-7-4-16-35(37)43-38(45)25-24-34-33-15-5-8-20-41(33)47-44(34)43/h1-27H. The van der Waals surface area contributed by atoms with Crippen molar-refractivity contribution in [1.29, 1.82) is 0 Å². The van der Waals surface area contributed by atoms with Gasteiger partial charge in [0.1, 0.15) is 11.2 Å². The van der Waals surface area contributed by atoms with E-state index < -0.39 is 5.41 Å². The lowest BCUT2D eigenvalue weighted by atomic mass is 9.70. The first kappa shape index (κ1) is 26.2. The number of hydrogen-bond donors (Lipinski definition) is 0.